The largest absolute Gasteiger partial charge is 0.393 e. The van der Waals surface area contributed by atoms with Crippen LogP contribution >= 0.6 is 0 Å². The second-order valence-corrected chi connectivity index (χ2v) is 3.70. The standard InChI is InChI=1S/C9H13NO2/c1-5-3-4-10-8(5)7(6(2)11)9(10)12/h3-8,11H,1-2H3/t5?,6-,7?,8?/m1/s1. The van der Waals surface area contributed by atoms with Gasteiger partial charge in [0.25, 0.3) is 0 Å². The van der Waals surface area contributed by atoms with Crippen molar-refractivity contribution in [1.29, 1.82) is 0 Å². The molecule has 3 nitrogen and oxygen atoms in total. The van der Waals surface area contributed by atoms with Gasteiger partial charge in [-0.3, -0.25) is 4.79 Å². The van der Waals surface area contributed by atoms with Crippen LogP contribution in [0.3, 0.4) is 0 Å². The Labute approximate surface area is 71.7 Å². The van der Waals surface area contributed by atoms with E-state index in [0.29, 0.717) is 5.92 Å². The number of β-lactam (4-membered cyclic amide) rings is 1. The summed E-state index contributed by atoms with van der Waals surface area (Å²) >= 11 is 0. The molecule has 0 bridgehead atoms. The molecule has 2 aliphatic heterocycles. The molecular weight excluding hydrogens is 154 g/mol. The van der Waals surface area contributed by atoms with Crippen molar-refractivity contribution < 1.29 is 9.90 Å². The van der Waals surface area contributed by atoms with Gasteiger partial charge in [-0.2, -0.15) is 0 Å². The molecule has 0 saturated carbocycles. The first-order chi connectivity index (χ1) is 5.63. The van der Waals surface area contributed by atoms with Crippen molar-refractivity contribution in [3.05, 3.63) is 12.3 Å². The van der Waals surface area contributed by atoms with Crippen molar-refractivity contribution in [2.45, 2.75) is 26.0 Å². The second-order valence-electron chi connectivity index (χ2n) is 3.70. The van der Waals surface area contributed by atoms with E-state index >= 15 is 0 Å². The summed E-state index contributed by atoms with van der Waals surface area (Å²) < 4.78 is 0. The predicted octanol–water partition coefficient (Wildman–Crippen LogP) is 0.358. The predicted molar refractivity (Wildman–Crippen MR) is 44.1 cm³/mol. The normalized spacial score (nSPS) is 41.1. The molecule has 3 heteroatoms. The second kappa shape index (κ2) is 2.33. The average Bonchev–Trinajstić information content (AvgIpc) is 2.27. The van der Waals surface area contributed by atoms with E-state index in [2.05, 4.69) is 6.92 Å². The maximum Gasteiger partial charge on any atom is 0.234 e. The fraction of sp³-hybridized carbons (Fsp3) is 0.667. The van der Waals surface area contributed by atoms with Gasteiger partial charge in [-0.05, 0) is 12.8 Å². The van der Waals surface area contributed by atoms with Gasteiger partial charge in [-0.25, -0.2) is 0 Å². The first-order valence-corrected chi connectivity index (χ1v) is 4.31. The van der Waals surface area contributed by atoms with Gasteiger partial charge in [0.05, 0.1) is 18.1 Å². The van der Waals surface area contributed by atoms with Crippen LogP contribution in [0.15, 0.2) is 12.3 Å². The number of hydrogen-bond donors (Lipinski definition) is 1. The van der Waals surface area contributed by atoms with Crippen LogP contribution in [0.4, 0.5) is 0 Å². The molecule has 1 fully saturated rings. The average molecular weight is 167 g/mol. The summed E-state index contributed by atoms with van der Waals surface area (Å²) in [5.74, 6) is 0.285. The molecule has 2 rings (SSSR count). The van der Waals surface area contributed by atoms with E-state index in [1.807, 2.05) is 12.3 Å². The molecule has 0 spiro atoms. The Morgan fingerprint density at radius 2 is 2.33 bits per heavy atom. The van der Waals surface area contributed by atoms with Crippen LogP contribution in [0, 0.1) is 11.8 Å². The number of fused-ring (bicyclic) bond motifs is 1. The van der Waals surface area contributed by atoms with Crippen LogP contribution < -0.4 is 0 Å². The molecule has 1 saturated heterocycles. The van der Waals surface area contributed by atoms with Crippen LogP contribution in [-0.2, 0) is 4.79 Å². The summed E-state index contributed by atoms with van der Waals surface area (Å²) in [6.07, 6.45) is 3.34. The minimum atomic E-state index is -0.513. The van der Waals surface area contributed by atoms with E-state index in [9.17, 15) is 9.90 Å². The summed E-state index contributed by atoms with van der Waals surface area (Å²) in [5, 5.41) is 9.33. The molecule has 0 aromatic heterocycles. The highest BCUT2D eigenvalue weighted by Gasteiger charge is 2.52. The summed E-state index contributed by atoms with van der Waals surface area (Å²) in [5.41, 5.74) is 0. The molecule has 66 valence electrons. The maximum absolute atomic E-state index is 11.3. The zero-order valence-corrected chi connectivity index (χ0v) is 7.27. The zero-order chi connectivity index (χ0) is 8.88. The first kappa shape index (κ1) is 7.80. The van der Waals surface area contributed by atoms with Crippen LogP contribution in [0.1, 0.15) is 13.8 Å². The van der Waals surface area contributed by atoms with Crippen LogP contribution in [0.5, 0.6) is 0 Å². The molecule has 0 aromatic carbocycles. The first-order valence-electron chi connectivity index (χ1n) is 4.31. The van der Waals surface area contributed by atoms with Crippen LogP contribution in [0.25, 0.3) is 0 Å². The fourth-order valence-electron chi connectivity index (χ4n) is 2.14. The number of carbonyl (C=O) groups excluding carboxylic acids is 1. The Balaban J connectivity index is 2.17. The number of rotatable bonds is 1. The van der Waals surface area contributed by atoms with E-state index in [-0.39, 0.29) is 17.9 Å². The third-order valence-corrected chi connectivity index (χ3v) is 2.84. The Hall–Kier alpha value is -0.830. The van der Waals surface area contributed by atoms with E-state index in [1.165, 1.54) is 0 Å². The SMILES string of the molecule is CC1C=CN2C(=O)C([C@@H](C)O)C12. The third-order valence-electron chi connectivity index (χ3n) is 2.84. The van der Waals surface area contributed by atoms with Crippen molar-refractivity contribution in [1.82, 2.24) is 4.90 Å². The highest BCUT2D eigenvalue weighted by Crippen LogP contribution is 2.39. The minimum absolute atomic E-state index is 0.0654. The number of nitrogens with zero attached hydrogens (tertiary/aromatic N) is 1. The monoisotopic (exact) mass is 167 g/mol. The van der Waals surface area contributed by atoms with E-state index in [4.69, 9.17) is 0 Å². The molecule has 0 aromatic rings. The summed E-state index contributed by atoms with van der Waals surface area (Å²) in [4.78, 5) is 13.1. The zero-order valence-electron chi connectivity index (χ0n) is 7.27. The molecule has 2 heterocycles. The van der Waals surface area contributed by atoms with Crippen LogP contribution in [0.2, 0.25) is 0 Å². The fourth-order valence-corrected chi connectivity index (χ4v) is 2.14. The Morgan fingerprint density at radius 1 is 1.67 bits per heavy atom. The van der Waals surface area contributed by atoms with E-state index < -0.39 is 6.10 Å². The van der Waals surface area contributed by atoms with E-state index in [0.717, 1.165) is 0 Å². The van der Waals surface area contributed by atoms with Crippen molar-refractivity contribution in [2.75, 3.05) is 0 Å². The summed E-state index contributed by atoms with van der Waals surface area (Å²) in [6.45, 7) is 3.76. The molecule has 0 radical (unpaired) electrons. The van der Waals surface area contributed by atoms with Crippen molar-refractivity contribution in [2.24, 2.45) is 11.8 Å². The van der Waals surface area contributed by atoms with Gasteiger partial charge in [0.2, 0.25) is 5.91 Å². The number of hydrogen-bond acceptors (Lipinski definition) is 2. The lowest BCUT2D eigenvalue weighted by molar-refractivity contribution is -0.158. The highest BCUT2D eigenvalue weighted by atomic mass is 16.3. The molecule has 2 aliphatic rings. The molecule has 1 N–H and O–H groups in total. The lowest BCUT2D eigenvalue weighted by Gasteiger charge is -2.45. The topological polar surface area (TPSA) is 40.5 Å². The lowest BCUT2D eigenvalue weighted by Crippen LogP contribution is -2.61. The molecule has 4 atom stereocenters. The number of aliphatic hydroxyl groups is 1. The maximum atomic E-state index is 11.3. The van der Waals surface area contributed by atoms with Crippen molar-refractivity contribution in [3.8, 4) is 0 Å². The Kier molecular flexibility index (Phi) is 1.51. The molecule has 0 aliphatic carbocycles. The quantitative estimate of drug-likeness (QED) is 0.573. The number of carbonyl (C=O) groups is 1. The molecule has 3 unspecified atom stereocenters. The molecular formula is C9H13NO2. The van der Waals surface area contributed by atoms with Crippen LogP contribution in [-0.4, -0.2) is 28.1 Å². The Bertz CT molecular complexity index is 247. The van der Waals surface area contributed by atoms with Crippen molar-refractivity contribution in [3.63, 3.8) is 0 Å². The van der Waals surface area contributed by atoms with Gasteiger partial charge in [0.1, 0.15) is 0 Å². The van der Waals surface area contributed by atoms with Crippen molar-refractivity contribution >= 4 is 5.91 Å². The highest BCUT2D eigenvalue weighted by molar-refractivity contribution is 5.88. The van der Waals surface area contributed by atoms with Gasteiger partial charge in [0.15, 0.2) is 0 Å². The minimum Gasteiger partial charge on any atom is -0.393 e. The molecule has 1 amide bonds. The third kappa shape index (κ3) is 0.771. The number of amides is 1. The van der Waals surface area contributed by atoms with Gasteiger partial charge >= 0.3 is 0 Å². The van der Waals surface area contributed by atoms with E-state index in [1.54, 1.807) is 11.8 Å². The van der Waals surface area contributed by atoms with Gasteiger partial charge in [-0.15, -0.1) is 0 Å². The van der Waals surface area contributed by atoms with Gasteiger partial charge < -0.3 is 10.0 Å². The smallest absolute Gasteiger partial charge is 0.234 e. The summed E-state index contributed by atoms with van der Waals surface area (Å²) in [7, 11) is 0. The Morgan fingerprint density at radius 3 is 2.92 bits per heavy atom. The number of aliphatic hydroxyl groups excluding tert-OH is 1. The van der Waals surface area contributed by atoms with Gasteiger partial charge in [-0.1, -0.05) is 13.0 Å². The molecule has 12 heavy (non-hydrogen) atoms. The summed E-state index contributed by atoms with van der Waals surface area (Å²) in [6, 6.07) is 0.220. The lowest BCUT2D eigenvalue weighted by atomic mass is 9.79. The van der Waals surface area contributed by atoms with Gasteiger partial charge in [0, 0.05) is 6.20 Å².